The normalized spacial score (nSPS) is 23.8. The maximum atomic E-state index is 13.5. The molecule has 7 nitrogen and oxygen atoms in total. The maximum Gasteiger partial charge on any atom is 0.212 e. The van der Waals surface area contributed by atoms with E-state index in [4.69, 9.17) is 9.98 Å². The van der Waals surface area contributed by atoms with E-state index in [0.717, 1.165) is 61.1 Å². The lowest BCUT2D eigenvalue weighted by Gasteiger charge is -2.34. The number of aliphatic imine (C=N–C) groups is 2. The Bertz CT molecular complexity index is 1960. The molecule has 216 valence electrons. The molecule has 2 atom stereocenters. The first-order valence-electron chi connectivity index (χ1n) is 15.2. The lowest BCUT2D eigenvalue weighted by atomic mass is 9.68. The number of carbonyl (C=O) groups excluding carboxylic acids is 3. The van der Waals surface area contributed by atoms with E-state index in [1.165, 1.54) is 40.2 Å². The van der Waals surface area contributed by atoms with Gasteiger partial charge in [0.25, 0.3) is 0 Å². The number of benzene rings is 1. The first-order chi connectivity index (χ1) is 21.4. The van der Waals surface area contributed by atoms with Gasteiger partial charge >= 0.3 is 0 Å². The van der Waals surface area contributed by atoms with Crippen molar-refractivity contribution in [2.45, 2.75) is 63.2 Å². The Hall–Kier alpha value is -4.31. The zero-order valence-corrected chi connectivity index (χ0v) is 25.4. The fourth-order valence-corrected chi connectivity index (χ4v) is 10.5. The van der Waals surface area contributed by atoms with Gasteiger partial charge in [-0.2, -0.15) is 10.5 Å². The number of thiophene rings is 2. The van der Waals surface area contributed by atoms with Crippen LogP contribution in [0.1, 0.15) is 84.8 Å². The maximum absolute atomic E-state index is 13.5. The molecule has 3 aromatic rings. The Morgan fingerprint density at radius 1 is 0.750 bits per heavy atom. The molecule has 0 bridgehead atoms. The van der Waals surface area contributed by atoms with Crippen LogP contribution in [0.15, 0.2) is 52.0 Å². The molecule has 44 heavy (non-hydrogen) atoms. The van der Waals surface area contributed by atoms with Gasteiger partial charge in [-0.3, -0.25) is 14.4 Å². The fourth-order valence-electron chi connectivity index (χ4n) is 8.08. The molecule has 2 unspecified atom stereocenters. The highest BCUT2D eigenvalue weighted by atomic mass is 32.1. The highest BCUT2D eigenvalue weighted by Gasteiger charge is 2.49. The standard InChI is InChI=1S/C35H26N4O3S2/c36-16-18(17-37)27-19-8-2-3-9-20(19)30(40)28(27)38-25-14-23-33(43-25)34-24(35(23)12-6-1-7-13-35)15-26(44-34)39-29-31(41)21-10-4-5-11-22(21)32(29)42/h2-3,8-9,14-15,21-22H,1,4-7,10-13H2. The molecule has 5 aliphatic carbocycles. The topological polar surface area (TPSA) is 124 Å². The summed E-state index contributed by atoms with van der Waals surface area (Å²) < 4.78 is 0. The van der Waals surface area contributed by atoms with Crippen molar-refractivity contribution in [3.8, 4) is 21.9 Å². The van der Waals surface area contributed by atoms with Gasteiger partial charge in [0.2, 0.25) is 5.78 Å². The molecule has 0 aliphatic heterocycles. The first-order valence-corrected chi connectivity index (χ1v) is 16.8. The van der Waals surface area contributed by atoms with Gasteiger partial charge in [0.1, 0.15) is 33.4 Å². The highest BCUT2D eigenvalue weighted by molar-refractivity contribution is 7.26. The number of nitrogens with zero attached hydrogens (tertiary/aromatic N) is 4. The van der Waals surface area contributed by atoms with E-state index in [1.807, 2.05) is 12.1 Å². The van der Waals surface area contributed by atoms with Crippen LogP contribution in [0.2, 0.25) is 0 Å². The van der Waals surface area contributed by atoms with Crippen molar-refractivity contribution >= 4 is 67.0 Å². The Morgan fingerprint density at radius 3 is 1.86 bits per heavy atom. The van der Waals surface area contributed by atoms with Gasteiger partial charge in [-0.25, -0.2) is 9.98 Å². The predicted molar refractivity (Wildman–Crippen MR) is 170 cm³/mol. The van der Waals surface area contributed by atoms with Gasteiger partial charge in [-0.15, -0.1) is 22.7 Å². The molecular weight excluding hydrogens is 589 g/mol. The molecular formula is C35H26N4O3S2. The van der Waals surface area contributed by atoms with E-state index in [2.05, 4.69) is 12.1 Å². The Balaban J connectivity index is 1.24. The fraction of sp³-hybridized carbons (Fsp3) is 0.343. The van der Waals surface area contributed by atoms with Crippen LogP contribution in [0.25, 0.3) is 15.3 Å². The summed E-state index contributed by atoms with van der Waals surface area (Å²) in [5, 5.41) is 20.8. The lowest BCUT2D eigenvalue weighted by Crippen LogP contribution is -2.27. The average Bonchev–Trinajstić information content (AvgIpc) is 3.83. The summed E-state index contributed by atoms with van der Waals surface area (Å²) in [5.41, 5.74) is 3.64. The summed E-state index contributed by atoms with van der Waals surface area (Å²) in [6.07, 6.45) is 8.84. The largest absolute Gasteiger partial charge is 0.292 e. The van der Waals surface area contributed by atoms with Crippen LogP contribution in [-0.2, 0) is 15.0 Å². The van der Waals surface area contributed by atoms with Crippen LogP contribution in [-0.4, -0.2) is 28.8 Å². The molecule has 0 saturated heterocycles. The third-order valence-electron chi connectivity index (χ3n) is 10.1. The first kappa shape index (κ1) is 27.3. The number of rotatable bonds is 2. The van der Waals surface area contributed by atoms with Gasteiger partial charge in [0, 0.05) is 28.4 Å². The number of ketones is 3. The summed E-state index contributed by atoms with van der Waals surface area (Å²) in [6, 6.07) is 15.1. The number of fused-ring (bicyclic) bond motifs is 7. The summed E-state index contributed by atoms with van der Waals surface area (Å²) >= 11 is 3.03. The van der Waals surface area contributed by atoms with Gasteiger partial charge in [-0.1, -0.05) is 56.4 Å². The minimum atomic E-state index is -0.291. The minimum absolute atomic E-state index is 0.0873. The van der Waals surface area contributed by atoms with E-state index in [0.29, 0.717) is 21.1 Å². The molecule has 2 aromatic heterocycles. The SMILES string of the molecule is N#CC(C#N)=C1C(=Nc2cc3c(s2)-c2sc(N=C4C(=O)C5CCCCC5C4=O)cc2C32CCCCC2)C(=O)c2ccccc21. The zero-order chi connectivity index (χ0) is 30.2. The third-order valence-corrected chi connectivity index (χ3v) is 12.3. The molecule has 9 heteroatoms. The summed E-state index contributed by atoms with van der Waals surface area (Å²) in [7, 11) is 0. The zero-order valence-electron chi connectivity index (χ0n) is 23.8. The highest BCUT2D eigenvalue weighted by Crippen LogP contribution is 2.63. The van der Waals surface area contributed by atoms with Crippen molar-refractivity contribution < 1.29 is 14.4 Å². The van der Waals surface area contributed by atoms with Crippen molar-refractivity contribution in [1.82, 2.24) is 0 Å². The van der Waals surface area contributed by atoms with E-state index in [9.17, 15) is 24.9 Å². The number of hydrogen-bond acceptors (Lipinski definition) is 9. The number of nitriles is 2. The van der Waals surface area contributed by atoms with Gasteiger partial charge < -0.3 is 0 Å². The molecule has 0 radical (unpaired) electrons. The summed E-state index contributed by atoms with van der Waals surface area (Å²) in [6.45, 7) is 0. The monoisotopic (exact) mass is 614 g/mol. The van der Waals surface area contributed by atoms with Crippen molar-refractivity contribution in [2.24, 2.45) is 21.8 Å². The van der Waals surface area contributed by atoms with Crippen molar-refractivity contribution in [1.29, 1.82) is 10.5 Å². The van der Waals surface area contributed by atoms with E-state index in [-0.39, 0.29) is 57.2 Å². The number of allylic oxidation sites excluding steroid dienone is 2. The second kappa shape index (κ2) is 10.1. The van der Waals surface area contributed by atoms with Crippen molar-refractivity contribution in [2.75, 3.05) is 0 Å². The van der Waals surface area contributed by atoms with Crippen LogP contribution in [0.3, 0.4) is 0 Å². The van der Waals surface area contributed by atoms with E-state index < -0.39 is 0 Å². The van der Waals surface area contributed by atoms with Crippen LogP contribution < -0.4 is 0 Å². The molecule has 3 saturated carbocycles. The van der Waals surface area contributed by atoms with E-state index >= 15 is 0 Å². The number of carbonyl (C=O) groups is 3. The molecule has 5 aliphatic rings. The average molecular weight is 615 g/mol. The Morgan fingerprint density at radius 2 is 1.30 bits per heavy atom. The Labute approximate surface area is 262 Å². The van der Waals surface area contributed by atoms with Gasteiger partial charge in [0.15, 0.2) is 17.3 Å². The Kier molecular flexibility index (Phi) is 6.27. The van der Waals surface area contributed by atoms with E-state index in [1.54, 1.807) is 24.3 Å². The quantitative estimate of drug-likeness (QED) is 0.272. The van der Waals surface area contributed by atoms with Crippen LogP contribution in [0, 0.1) is 34.5 Å². The molecule has 0 N–H and O–H groups in total. The number of hydrogen-bond donors (Lipinski definition) is 0. The number of Topliss-reactive ketones (excluding diaryl/α,β-unsaturated/α-hetero) is 3. The van der Waals surface area contributed by atoms with Crippen LogP contribution >= 0.6 is 22.7 Å². The van der Waals surface area contributed by atoms with Gasteiger partial charge in [0.05, 0.1) is 9.75 Å². The minimum Gasteiger partial charge on any atom is -0.292 e. The van der Waals surface area contributed by atoms with Crippen LogP contribution in [0.5, 0.6) is 0 Å². The summed E-state index contributed by atoms with van der Waals surface area (Å²) in [4.78, 5) is 51.6. The second-order valence-electron chi connectivity index (χ2n) is 12.3. The van der Waals surface area contributed by atoms with Crippen LogP contribution in [0.4, 0.5) is 10.0 Å². The van der Waals surface area contributed by atoms with Crippen molar-refractivity contribution in [3.63, 3.8) is 0 Å². The molecule has 3 fully saturated rings. The smallest absolute Gasteiger partial charge is 0.212 e. The summed E-state index contributed by atoms with van der Waals surface area (Å²) in [5.74, 6) is -0.876. The third kappa shape index (κ3) is 3.79. The molecule has 0 amide bonds. The molecule has 1 spiro atoms. The lowest BCUT2D eigenvalue weighted by molar-refractivity contribution is -0.120. The molecule has 8 rings (SSSR count). The molecule has 2 heterocycles. The second-order valence-corrected chi connectivity index (χ2v) is 14.4. The predicted octanol–water partition coefficient (Wildman–Crippen LogP) is 7.84. The van der Waals surface area contributed by atoms with Gasteiger partial charge in [-0.05, 0) is 54.5 Å². The van der Waals surface area contributed by atoms with Crippen molar-refractivity contribution in [3.05, 3.63) is 64.2 Å². The molecule has 1 aromatic carbocycles.